The fraction of sp³-hybridized carbons (Fsp3) is 0.800. The first-order valence-corrected chi connectivity index (χ1v) is 5.02. The van der Waals surface area contributed by atoms with Crippen LogP contribution in [0.5, 0.6) is 0 Å². The van der Waals surface area contributed by atoms with E-state index in [0.29, 0.717) is 0 Å². The van der Waals surface area contributed by atoms with E-state index >= 15 is 0 Å². The molecule has 2 fully saturated rings. The molecule has 0 spiro atoms. The Labute approximate surface area is 73.8 Å². The summed E-state index contributed by atoms with van der Waals surface area (Å²) in [5, 5.41) is 8.12. The van der Waals surface area contributed by atoms with E-state index in [0.717, 1.165) is 11.8 Å². The highest BCUT2D eigenvalue weighted by Crippen LogP contribution is 2.25. The molecule has 12 heavy (non-hydrogen) atoms. The SMILES string of the molecule is C(=N\N=C\C1CCC1)/C1CCC1. The Morgan fingerprint density at radius 1 is 0.750 bits per heavy atom. The van der Waals surface area contributed by atoms with E-state index in [4.69, 9.17) is 0 Å². The monoisotopic (exact) mass is 164 g/mol. The maximum Gasteiger partial charge on any atom is 0.0301 e. The first kappa shape index (κ1) is 7.96. The summed E-state index contributed by atoms with van der Waals surface area (Å²) in [5.41, 5.74) is 0. The zero-order valence-electron chi connectivity index (χ0n) is 7.45. The number of rotatable bonds is 3. The fourth-order valence-electron chi connectivity index (χ4n) is 1.44. The quantitative estimate of drug-likeness (QED) is 0.452. The van der Waals surface area contributed by atoms with Crippen LogP contribution in [-0.2, 0) is 0 Å². The summed E-state index contributed by atoms with van der Waals surface area (Å²) in [6, 6.07) is 0. The van der Waals surface area contributed by atoms with Gasteiger partial charge in [-0.15, -0.1) is 0 Å². The highest BCUT2D eigenvalue weighted by Gasteiger charge is 2.15. The summed E-state index contributed by atoms with van der Waals surface area (Å²) >= 11 is 0. The van der Waals surface area contributed by atoms with Crippen molar-refractivity contribution in [2.75, 3.05) is 0 Å². The lowest BCUT2D eigenvalue weighted by Gasteiger charge is -2.20. The van der Waals surface area contributed by atoms with Crippen molar-refractivity contribution >= 4 is 12.4 Å². The van der Waals surface area contributed by atoms with Crippen molar-refractivity contribution in [2.24, 2.45) is 22.0 Å². The third-order valence-electron chi connectivity index (χ3n) is 2.92. The number of hydrogen-bond donors (Lipinski definition) is 0. The number of hydrogen-bond acceptors (Lipinski definition) is 2. The molecule has 0 atom stereocenters. The van der Waals surface area contributed by atoms with Crippen LogP contribution in [0.2, 0.25) is 0 Å². The molecule has 0 saturated heterocycles. The molecule has 0 bridgehead atoms. The molecule has 0 radical (unpaired) electrons. The minimum atomic E-state index is 0.739. The summed E-state index contributed by atoms with van der Waals surface area (Å²) in [5.74, 6) is 1.48. The van der Waals surface area contributed by atoms with Crippen LogP contribution in [0.1, 0.15) is 38.5 Å². The first-order valence-electron chi connectivity index (χ1n) is 5.02. The Kier molecular flexibility index (Phi) is 2.54. The molecule has 0 N–H and O–H groups in total. The molecule has 0 amide bonds. The molecular weight excluding hydrogens is 148 g/mol. The molecule has 0 heterocycles. The third kappa shape index (κ3) is 1.93. The highest BCUT2D eigenvalue weighted by atomic mass is 15.2. The Hall–Kier alpha value is -0.660. The molecule has 0 aromatic rings. The van der Waals surface area contributed by atoms with Crippen molar-refractivity contribution in [3.8, 4) is 0 Å². The predicted octanol–water partition coefficient (Wildman–Crippen LogP) is 2.64. The van der Waals surface area contributed by atoms with Crippen LogP contribution in [0, 0.1) is 11.8 Å². The molecule has 0 aliphatic heterocycles. The van der Waals surface area contributed by atoms with Gasteiger partial charge < -0.3 is 0 Å². The molecule has 2 saturated carbocycles. The van der Waals surface area contributed by atoms with Crippen LogP contribution in [-0.4, -0.2) is 12.4 Å². The van der Waals surface area contributed by atoms with Gasteiger partial charge in [-0.2, -0.15) is 10.2 Å². The van der Waals surface area contributed by atoms with E-state index in [1.54, 1.807) is 0 Å². The Morgan fingerprint density at radius 2 is 1.17 bits per heavy atom. The van der Waals surface area contributed by atoms with E-state index in [2.05, 4.69) is 10.2 Å². The van der Waals surface area contributed by atoms with Crippen LogP contribution in [0.3, 0.4) is 0 Å². The summed E-state index contributed by atoms with van der Waals surface area (Å²) in [6.45, 7) is 0. The van der Waals surface area contributed by atoms with E-state index in [1.165, 1.54) is 38.5 Å². The lowest BCUT2D eigenvalue weighted by atomic mass is 9.86. The second kappa shape index (κ2) is 3.83. The lowest BCUT2D eigenvalue weighted by molar-refractivity contribution is 0.417. The van der Waals surface area contributed by atoms with Crippen molar-refractivity contribution in [3.63, 3.8) is 0 Å². The van der Waals surface area contributed by atoms with Gasteiger partial charge in [0.1, 0.15) is 0 Å². The molecule has 0 aromatic carbocycles. The maximum absolute atomic E-state index is 4.06. The smallest absolute Gasteiger partial charge is 0.0301 e. The van der Waals surface area contributed by atoms with Crippen LogP contribution in [0.4, 0.5) is 0 Å². The van der Waals surface area contributed by atoms with E-state index < -0.39 is 0 Å². The third-order valence-corrected chi connectivity index (χ3v) is 2.92. The zero-order valence-corrected chi connectivity index (χ0v) is 7.45. The second-order valence-electron chi connectivity index (χ2n) is 3.91. The molecule has 0 aromatic heterocycles. The summed E-state index contributed by atoms with van der Waals surface area (Å²) in [7, 11) is 0. The fourth-order valence-corrected chi connectivity index (χ4v) is 1.44. The molecule has 2 nitrogen and oxygen atoms in total. The molecular formula is C10H16N2. The molecule has 0 unspecified atom stereocenters. The van der Waals surface area contributed by atoms with E-state index in [1.807, 2.05) is 12.4 Å². The highest BCUT2D eigenvalue weighted by molar-refractivity contribution is 5.65. The van der Waals surface area contributed by atoms with Gasteiger partial charge in [0.15, 0.2) is 0 Å². The van der Waals surface area contributed by atoms with Crippen molar-refractivity contribution in [1.29, 1.82) is 0 Å². The van der Waals surface area contributed by atoms with Gasteiger partial charge in [-0.05, 0) is 37.5 Å². The van der Waals surface area contributed by atoms with Gasteiger partial charge in [-0.1, -0.05) is 12.8 Å². The summed E-state index contributed by atoms with van der Waals surface area (Å²) < 4.78 is 0. The number of nitrogens with zero attached hydrogens (tertiary/aromatic N) is 2. The predicted molar refractivity (Wildman–Crippen MR) is 51.7 cm³/mol. The van der Waals surface area contributed by atoms with Gasteiger partial charge in [-0.3, -0.25) is 0 Å². The lowest BCUT2D eigenvalue weighted by Crippen LogP contribution is -2.12. The van der Waals surface area contributed by atoms with Crippen molar-refractivity contribution in [1.82, 2.24) is 0 Å². The zero-order chi connectivity index (χ0) is 8.23. The first-order chi connectivity index (χ1) is 5.95. The average Bonchev–Trinajstić information content (AvgIpc) is 1.88. The summed E-state index contributed by atoms with van der Waals surface area (Å²) in [4.78, 5) is 0. The molecule has 66 valence electrons. The largest absolute Gasteiger partial charge is 0.164 e. The molecule has 2 heteroatoms. The molecule has 2 rings (SSSR count). The van der Waals surface area contributed by atoms with E-state index in [-0.39, 0.29) is 0 Å². The second-order valence-corrected chi connectivity index (χ2v) is 3.91. The Bertz CT molecular complexity index is 166. The van der Waals surface area contributed by atoms with Crippen molar-refractivity contribution in [2.45, 2.75) is 38.5 Å². The molecule has 2 aliphatic carbocycles. The standard InChI is InChI=1S/C10H16N2/c1-3-9(4-1)7-11-12-8-10-5-2-6-10/h7-10H,1-6H2/b11-7+,12-8+. The van der Waals surface area contributed by atoms with E-state index in [9.17, 15) is 0 Å². The summed E-state index contributed by atoms with van der Waals surface area (Å²) in [6.07, 6.45) is 12.1. The minimum Gasteiger partial charge on any atom is -0.164 e. The van der Waals surface area contributed by atoms with Crippen LogP contribution in [0.15, 0.2) is 10.2 Å². The Morgan fingerprint density at radius 3 is 1.42 bits per heavy atom. The van der Waals surface area contributed by atoms with Gasteiger partial charge >= 0.3 is 0 Å². The Balaban J connectivity index is 1.65. The molecule has 2 aliphatic rings. The maximum atomic E-state index is 4.06. The normalized spacial score (nSPS) is 26.3. The topological polar surface area (TPSA) is 24.7 Å². The van der Waals surface area contributed by atoms with Crippen LogP contribution in [0.25, 0.3) is 0 Å². The minimum absolute atomic E-state index is 0.739. The van der Waals surface area contributed by atoms with Gasteiger partial charge in [0.25, 0.3) is 0 Å². The van der Waals surface area contributed by atoms with Gasteiger partial charge in [-0.25, -0.2) is 0 Å². The van der Waals surface area contributed by atoms with Gasteiger partial charge in [0, 0.05) is 12.4 Å². The van der Waals surface area contributed by atoms with Crippen molar-refractivity contribution in [3.05, 3.63) is 0 Å². The van der Waals surface area contributed by atoms with Crippen LogP contribution < -0.4 is 0 Å². The van der Waals surface area contributed by atoms with Crippen molar-refractivity contribution < 1.29 is 0 Å². The average molecular weight is 164 g/mol. The van der Waals surface area contributed by atoms with Gasteiger partial charge in [0.05, 0.1) is 0 Å². The van der Waals surface area contributed by atoms with Crippen LogP contribution >= 0.6 is 0 Å². The van der Waals surface area contributed by atoms with Gasteiger partial charge in [0.2, 0.25) is 0 Å².